The van der Waals surface area contributed by atoms with Crippen molar-refractivity contribution in [2.24, 2.45) is 0 Å². The number of alkyl halides is 2. The molecule has 0 spiro atoms. The minimum Gasteiger partial charge on any atom is -0.491 e. The first-order chi connectivity index (χ1) is 17.8. The third kappa shape index (κ3) is 7.96. The summed E-state index contributed by atoms with van der Waals surface area (Å²) in [6, 6.07) is 14.5. The predicted molar refractivity (Wildman–Crippen MR) is 146 cm³/mol. The van der Waals surface area contributed by atoms with Crippen LogP contribution in [0.15, 0.2) is 60.0 Å². The largest absolute Gasteiger partial charge is 0.491 e. The molecule has 0 saturated carbocycles. The second-order valence-corrected chi connectivity index (χ2v) is 11.2. The Kier molecular flexibility index (Phi) is 10.8. The second-order valence-electron chi connectivity index (χ2n) is 7.78. The average Bonchev–Trinajstić information content (AvgIpc) is 3.36. The summed E-state index contributed by atoms with van der Waals surface area (Å²) in [5.41, 5.74) is 1.48. The molecule has 0 aliphatic heterocycles. The summed E-state index contributed by atoms with van der Waals surface area (Å²) in [5.74, 6) is 1.39. The van der Waals surface area contributed by atoms with Gasteiger partial charge in [-0.15, -0.1) is 23.2 Å². The number of thiophene rings is 1. The molecule has 3 aromatic rings. The molecule has 0 aliphatic rings. The molecule has 0 aliphatic carbocycles. The smallest absolute Gasteiger partial charge is 0.328 e. The Labute approximate surface area is 229 Å². The third-order valence-corrected chi connectivity index (χ3v) is 8.12. The van der Waals surface area contributed by atoms with Gasteiger partial charge >= 0.3 is 15.1 Å². The van der Waals surface area contributed by atoms with Gasteiger partial charge in [0.15, 0.2) is 0 Å². The number of halogens is 2. The molecular weight excluding hydrogens is 563 g/mol. The molecule has 9 nitrogen and oxygen atoms in total. The fraction of sp³-hybridized carbons (Fsp3) is 0.333. The van der Waals surface area contributed by atoms with Crippen LogP contribution >= 0.6 is 34.5 Å². The molecule has 200 valence electrons. The number of hydrogen-bond acceptors (Lipinski definition) is 9. The zero-order valence-electron chi connectivity index (χ0n) is 19.7. The highest BCUT2D eigenvalue weighted by molar-refractivity contribution is 7.87. The molecule has 1 aromatic heterocycles. The Morgan fingerprint density at radius 2 is 1.62 bits per heavy atom. The number of hydrogen-bond donors (Lipinski definition) is 1. The van der Waals surface area contributed by atoms with Crippen LogP contribution in [-0.4, -0.2) is 56.5 Å². The molecule has 2 aromatic carbocycles. The predicted octanol–water partition coefficient (Wildman–Crippen LogP) is 5.00. The normalized spacial score (nSPS) is 12.2. The number of benzene rings is 2. The lowest BCUT2D eigenvalue weighted by molar-refractivity contribution is -0.380. The van der Waals surface area contributed by atoms with Crippen molar-refractivity contribution in [1.29, 1.82) is 0 Å². The number of rotatable bonds is 15. The number of ether oxygens (including phenoxy) is 1. The van der Waals surface area contributed by atoms with Gasteiger partial charge in [-0.2, -0.15) is 8.42 Å². The Balaban J connectivity index is 1.88. The lowest BCUT2D eigenvalue weighted by Gasteiger charge is -2.23. The van der Waals surface area contributed by atoms with Gasteiger partial charge in [0.1, 0.15) is 23.4 Å². The van der Waals surface area contributed by atoms with E-state index in [1.165, 1.54) is 23.6 Å². The van der Waals surface area contributed by atoms with E-state index < -0.39 is 20.3 Å². The molecule has 3 rings (SSSR count). The van der Waals surface area contributed by atoms with Crippen LogP contribution in [0.5, 0.6) is 11.5 Å². The molecule has 1 N–H and O–H groups in total. The summed E-state index contributed by atoms with van der Waals surface area (Å²) in [6.45, 7) is 1.13. The van der Waals surface area contributed by atoms with Crippen molar-refractivity contribution >= 4 is 55.3 Å². The molecule has 0 bridgehead atoms. The van der Waals surface area contributed by atoms with Crippen LogP contribution in [0.1, 0.15) is 16.4 Å². The molecule has 1 unspecified atom stereocenters. The van der Waals surface area contributed by atoms with E-state index in [-0.39, 0.29) is 35.9 Å². The van der Waals surface area contributed by atoms with Gasteiger partial charge in [0.2, 0.25) is 0 Å². The third-order valence-electron chi connectivity index (χ3n) is 5.36. The molecular formula is C24H26Cl2N2O7S2. The molecule has 0 amide bonds. The van der Waals surface area contributed by atoms with Gasteiger partial charge in [0.25, 0.3) is 0 Å². The Morgan fingerprint density at radius 3 is 2.19 bits per heavy atom. The van der Waals surface area contributed by atoms with E-state index in [0.717, 1.165) is 17.0 Å². The monoisotopic (exact) mass is 588 g/mol. The number of anilines is 1. The van der Waals surface area contributed by atoms with Gasteiger partial charge in [-0.05, 0) is 59.8 Å². The van der Waals surface area contributed by atoms with Gasteiger partial charge < -0.3 is 18.9 Å². The zero-order chi connectivity index (χ0) is 26.8. The molecule has 0 saturated heterocycles. The number of aliphatic hydroxyl groups is 1. The molecule has 13 heteroatoms. The molecule has 0 fully saturated rings. The fourth-order valence-corrected chi connectivity index (χ4v) is 6.30. The number of aliphatic hydroxyl groups excluding tert-OH is 1. The van der Waals surface area contributed by atoms with Crippen molar-refractivity contribution in [1.82, 2.24) is 0 Å². The summed E-state index contributed by atoms with van der Waals surface area (Å²) in [5, 5.41) is 20.4. The van der Waals surface area contributed by atoms with Crippen LogP contribution in [0.2, 0.25) is 0 Å². The van der Waals surface area contributed by atoms with Gasteiger partial charge in [0, 0.05) is 30.5 Å². The minimum absolute atomic E-state index is 0.0580. The standard InChI is InChI=1S/C24H26Cl2N2O7S2/c25-10-12-27(13-11-26)19-3-7-21(8-4-19)35-37(32,33)23(22-9-16-36-24(22)28(30)31)17-18-1-5-20(6-2-18)34-15-14-29/h1-9,16,23,29H,10-15,17H2. The molecule has 1 atom stereocenters. The Hall–Kier alpha value is -2.57. The first-order valence-electron chi connectivity index (χ1n) is 11.2. The van der Waals surface area contributed by atoms with Crippen molar-refractivity contribution < 1.29 is 27.4 Å². The van der Waals surface area contributed by atoms with Crippen LogP contribution < -0.4 is 13.8 Å². The van der Waals surface area contributed by atoms with Crippen LogP contribution in [0, 0.1) is 10.1 Å². The maximum absolute atomic E-state index is 13.5. The van der Waals surface area contributed by atoms with E-state index in [1.807, 2.05) is 4.90 Å². The summed E-state index contributed by atoms with van der Waals surface area (Å²) < 4.78 is 37.7. The van der Waals surface area contributed by atoms with Crippen LogP contribution in [-0.2, 0) is 16.5 Å². The van der Waals surface area contributed by atoms with Crippen LogP contribution in [0.3, 0.4) is 0 Å². The van der Waals surface area contributed by atoms with Crippen LogP contribution in [0.4, 0.5) is 10.7 Å². The van der Waals surface area contributed by atoms with Gasteiger partial charge in [-0.1, -0.05) is 23.5 Å². The summed E-state index contributed by atoms with van der Waals surface area (Å²) in [6.07, 6.45) is -0.0580. The fourth-order valence-electron chi connectivity index (χ4n) is 3.65. The number of nitro groups is 1. The maximum Gasteiger partial charge on any atom is 0.328 e. The SMILES string of the molecule is O=[N+]([O-])c1sccc1C(Cc1ccc(OCCO)cc1)S(=O)(=O)Oc1ccc(N(CCCl)CCCl)cc1. The quantitative estimate of drug-likeness (QED) is 0.114. The van der Waals surface area contributed by atoms with E-state index in [1.54, 1.807) is 36.4 Å². The Morgan fingerprint density at radius 1 is 1.00 bits per heavy atom. The molecule has 0 radical (unpaired) electrons. The lowest BCUT2D eigenvalue weighted by atomic mass is 10.1. The summed E-state index contributed by atoms with van der Waals surface area (Å²) in [7, 11) is -4.35. The second kappa shape index (κ2) is 13.8. The van der Waals surface area contributed by atoms with E-state index in [9.17, 15) is 18.5 Å². The Bertz CT molecular complexity index is 1250. The first-order valence-corrected chi connectivity index (χ1v) is 14.7. The lowest BCUT2D eigenvalue weighted by Crippen LogP contribution is -2.27. The van der Waals surface area contributed by atoms with Crippen molar-refractivity contribution in [3.8, 4) is 11.5 Å². The highest BCUT2D eigenvalue weighted by Gasteiger charge is 2.36. The summed E-state index contributed by atoms with van der Waals surface area (Å²) >= 11 is 12.6. The average molecular weight is 590 g/mol. The first kappa shape index (κ1) is 29.0. The summed E-state index contributed by atoms with van der Waals surface area (Å²) in [4.78, 5) is 13.0. The molecule has 1 heterocycles. The van der Waals surface area contributed by atoms with Crippen molar-refractivity contribution in [3.63, 3.8) is 0 Å². The van der Waals surface area contributed by atoms with E-state index >= 15 is 0 Å². The molecule has 37 heavy (non-hydrogen) atoms. The minimum atomic E-state index is -4.35. The number of nitrogens with zero attached hydrogens (tertiary/aromatic N) is 2. The van der Waals surface area contributed by atoms with Crippen molar-refractivity contribution in [2.75, 3.05) is 43.0 Å². The van der Waals surface area contributed by atoms with Gasteiger partial charge in [-0.25, -0.2) is 0 Å². The maximum atomic E-state index is 13.5. The van der Waals surface area contributed by atoms with Gasteiger partial charge in [0.05, 0.1) is 17.1 Å². The van der Waals surface area contributed by atoms with Crippen LogP contribution in [0.25, 0.3) is 0 Å². The van der Waals surface area contributed by atoms with Crippen molar-refractivity contribution in [2.45, 2.75) is 11.7 Å². The van der Waals surface area contributed by atoms with E-state index in [4.69, 9.17) is 37.2 Å². The topological polar surface area (TPSA) is 119 Å². The van der Waals surface area contributed by atoms with Crippen molar-refractivity contribution in [3.05, 3.63) is 81.2 Å². The highest BCUT2D eigenvalue weighted by Crippen LogP contribution is 2.38. The van der Waals surface area contributed by atoms with E-state index in [2.05, 4.69) is 0 Å². The zero-order valence-corrected chi connectivity index (χ0v) is 22.8. The van der Waals surface area contributed by atoms with E-state index in [0.29, 0.717) is 36.2 Å². The van der Waals surface area contributed by atoms with Gasteiger partial charge in [-0.3, -0.25) is 10.1 Å². The highest BCUT2D eigenvalue weighted by atomic mass is 35.5.